The molecule has 0 saturated carbocycles. The predicted molar refractivity (Wildman–Crippen MR) is 114 cm³/mol. The van der Waals surface area contributed by atoms with Gasteiger partial charge in [-0.3, -0.25) is 9.52 Å². The van der Waals surface area contributed by atoms with Gasteiger partial charge in [0, 0.05) is 22.1 Å². The average molecular weight is 388 g/mol. The van der Waals surface area contributed by atoms with Crippen LogP contribution in [0.15, 0.2) is 77.7 Å². The monoisotopic (exact) mass is 388 g/mol. The van der Waals surface area contributed by atoms with E-state index in [-0.39, 0.29) is 6.04 Å². The Morgan fingerprint density at radius 1 is 1.07 bits per heavy atom. The topological polar surface area (TPSA) is 83.8 Å². The van der Waals surface area contributed by atoms with E-state index in [1.54, 1.807) is 30.1 Å². The van der Waals surface area contributed by atoms with Crippen LogP contribution in [-0.4, -0.2) is 15.9 Å². The van der Waals surface area contributed by atoms with Gasteiger partial charge in [-0.15, -0.1) is 0 Å². The molecular weight excluding hydrogens is 368 g/mol. The molecule has 1 aromatic heterocycles. The number of imidazole rings is 1. The first-order chi connectivity index (χ1) is 13.6. The molecule has 4 rings (SSSR count). The highest BCUT2D eigenvalue weighted by atomic mass is 32.2. The molecule has 4 aromatic rings. The van der Waals surface area contributed by atoms with Gasteiger partial charge in [0.1, 0.15) is 5.82 Å². The lowest BCUT2D eigenvalue weighted by atomic mass is 10.1. The summed E-state index contributed by atoms with van der Waals surface area (Å²) >= 11 is 1.61. The number of amides is 1. The largest absolute Gasteiger partial charge is 0.366 e. The standard InChI is InChI=1S/C22H20N4OS/c1-14(15-5-3-2-4-6-15)26-28-18-10-7-16(8-11-18)22-24-19-12-9-17(21(23)27)13-20(19)25-22/h2-14,26H,1H3,(H2,23,27)(H,24,25). The van der Waals surface area contributed by atoms with Crippen molar-refractivity contribution in [2.24, 2.45) is 5.73 Å². The maximum absolute atomic E-state index is 11.3. The van der Waals surface area contributed by atoms with Gasteiger partial charge in [-0.25, -0.2) is 4.98 Å². The number of fused-ring (bicyclic) bond motifs is 1. The Bertz CT molecular complexity index is 1110. The van der Waals surface area contributed by atoms with E-state index in [0.717, 1.165) is 27.3 Å². The molecule has 0 spiro atoms. The maximum Gasteiger partial charge on any atom is 0.248 e. The second-order valence-corrected chi connectivity index (χ2v) is 7.47. The minimum atomic E-state index is -0.448. The summed E-state index contributed by atoms with van der Waals surface area (Å²) in [5, 5.41) is 0. The van der Waals surface area contributed by atoms with Crippen LogP contribution in [-0.2, 0) is 0 Å². The van der Waals surface area contributed by atoms with Gasteiger partial charge in [0.25, 0.3) is 0 Å². The maximum atomic E-state index is 11.3. The summed E-state index contributed by atoms with van der Waals surface area (Å²) in [6.45, 7) is 2.14. The summed E-state index contributed by atoms with van der Waals surface area (Å²) < 4.78 is 3.46. The molecule has 0 aliphatic carbocycles. The lowest BCUT2D eigenvalue weighted by Crippen LogP contribution is -2.10. The van der Waals surface area contributed by atoms with E-state index in [2.05, 4.69) is 45.9 Å². The van der Waals surface area contributed by atoms with Gasteiger partial charge in [0.15, 0.2) is 0 Å². The van der Waals surface area contributed by atoms with Crippen molar-refractivity contribution in [1.29, 1.82) is 0 Å². The van der Waals surface area contributed by atoms with E-state index >= 15 is 0 Å². The summed E-state index contributed by atoms with van der Waals surface area (Å²) in [5.74, 6) is 0.315. The first kappa shape index (κ1) is 18.3. The Morgan fingerprint density at radius 2 is 1.82 bits per heavy atom. The molecule has 1 amide bonds. The third-order valence-electron chi connectivity index (χ3n) is 4.55. The van der Waals surface area contributed by atoms with Crippen LogP contribution in [0.5, 0.6) is 0 Å². The SMILES string of the molecule is CC(NSc1ccc(-c2nc3ccc(C(N)=O)cc3[nH]2)cc1)c1ccccc1. The number of nitrogens with one attached hydrogen (secondary N) is 2. The zero-order valence-corrected chi connectivity index (χ0v) is 16.2. The molecule has 0 saturated heterocycles. The second-order valence-electron chi connectivity index (χ2n) is 6.56. The third-order valence-corrected chi connectivity index (χ3v) is 5.53. The van der Waals surface area contributed by atoms with Crippen molar-refractivity contribution in [2.45, 2.75) is 17.9 Å². The van der Waals surface area contributed by atoms with Crippen molar-refractivity contribution in [1.82, 2.24) is 14.7 Å². The van der Waals surface area contributed by atoms with Crippen molar-refractivity contribution in [3.05, 3.63) is 83.9 Å². The van der Waals surface area contributed by atoms with Crippen molar-refractivity contribution < 1.29 is 4.79 Å². The number of aromatic amines is 1. The Hall–Kier alpha value is -3.09. The Labute approximate surface area is 167 Å². The lowest BCUT2D eigenvalue weighted by molar-refractivity contribution is 0.100. The number of hydrogen-bond donors (Lipinski definition) is 3. The summed E-state index contributed by atoms with van der Waals surface area (Å²) in [6.07, 6.45) is 0. The number of nitrogens with two attached hydrogens (primary N) is 1. The number of aromatic nitrogens is 2. The van der Waals surface area contributed by atoms with Gasteiger partial charge in [0.05, 0.1) is 11.0 Å². The zero-order valence-electron chi connectivity index (χ0n) is 15.3. The fraction of sp³-hybridized carbons (Fsp3) is 0.0909. The van der Waals surface area contributed by atoms with Gasteiger partial charge in [-0.2, -0.15) is 0 Å². The van der Waals surface area contributed by atoms with Gasteiger partial charge >= 0.3 is 0 Å². The highest BCUT2D eigenvalue weighted by molar-refractivity contribution is 7.97. The summed E-state index contributed by atoms with van der Waals surface area (Å²) in [6, 6.07) is 24.0. The Kier molecular flexibility index (Phi) is 5.14. The number of primary amides is 1. The number of benzene rings is 3. The highest BCUT2D eigenvalue weighted by Crippen LogP contribution is 2.25. The summed E-state index contributed by atoms with van der Waals surface area (Å²) in [7, 11) is 0. The van der Waals surface area contributed by atoms with Crippen molar-refractivity contribution in [3.63, 3.8) is 0 Å². The highest BCUT2D eigenvalue weighted by Gasteiger charge is 2.09. The van der Waals surface area contributed by atoms with Gasteiger partial charge in [-0.1, -0.05) is 42.5 Å². The van der Waals surface area contributed by atoms with Crippen molar-refractivity contribution in [3.8, 4) is 11.4 Å². The Morgan fingerprint density at radius 3 is 2.54 bits per heavy atom. The van der Waals surface area contributed by atoms with Crippen LogP contribution in [0.4, 0.5) is 0 Å². The number of carbonyl (C=O) groups excluding carboxylic acids is 1. The van der Waals surface area contributed by atoms with Crippen LogP contribution in [0.2, 0.25) is 0 Å². The van der Waals surface area contributed by atoms with Gasteiger partial charge in [-0.05, 0) is 54.8 Å². The number of hydrogen-bond acceptors (Lipinski definition) is 4. The Balaban J connectivity index is 1.47. The minimum absolute atomic E-state index is 0.251. The van der Waals surface area contributed by atoms with Crippen LogP contribution < -0.4 is 10.5 Å². The van der Waals surface area contributed by atoms with E-state index in [0.29, 0.717) is 5.56 Å². The van der Waals surface area contributed by atoms with E-state index in [4.69, 9.17) is 5.73 Å². The molecule has 0 aliphatic heterocycles. The molecule has 0 fully saturated rings. The molecular formula is C22H20N4OS. The van der Waals surface area contributed by atoms with Crippen molar-refractivity contribution >= 4 is 28.9 Å². The summed E-state index contributed by atoms with van der Waals surface area (Å²) in [4.78, 5) is 20.3. The number of H-pyrrole nitrogens is 1. The molecule has 0 bridgehead atoms. The van der Waals surface area contributed by atoms with Crippen LogP contribution in [0.3, 0.4) is 0 Å². The smallest absolute Gasteiger partial charge is 0.248 e. The third kappa shape index (κ3) is 3.93. The fourth-order valence-electron chi connectivity index (χ4n) is 2.95. The zero-order chi connectivity index (χ0) is 19.5. The first-order valence-corrected chi connectivity index (χ1v) is 9.79. The van der Waals surface area contributed by atoms with Crippen LogP contribution in [0.1, 0.15) is 28.9 Å². The molecule has 4 N–H and O–H groups in total. The fourth-order valence-corrected chi connectivity index (χ4v) is 3.67. The molecule has 1 atom stereocenters. The predicted octanol–water partition coefficient (Wildman–Crippen LogP) is 4.69. The van der Waals surface area contributed by atoms with E-state index in [1.165, 1.54) is 5.56 Å². The second kappa shape index (κ2) is 7.88. The van der Waals surface area contributed by atoms with Crippen LogP contribution in [0, 0.1) is 0 Å². The molecule has 0 aliphatic rings. The number of nitrogens with zero attached hydrogens (tertiary/aromatic N) is 1. The van der Waals surface area contributed by atoms with E-state index in [9.17, 15) is 4.79 Å². The molecule has 140 valence electrons. The molecule has 5 nitrogen and oxygen atoms in total. The quantitative estimate of drug-likeness (QED) is 0.419. The minimum Gasteiger partial charge on any atom is -0.366 e. The number of carbonyl (C=O) groups is 1. The van der Waals surface area contributed by atoms with Crippen LogP contribution in [0.25, 0.3) is 22.4 Å². The van der Waals surface area contributed by atoms with Crippen molar-refractivity contribution in [2.75, 3.05) is 0 Å². The van der Waals surface area contributed by atoms with E-state index in [1.807, 2.05) is 30.3 Å². The van der Waals surface area contributed by atoms with Crippen LogP contribution >= 0.6 is 11.9 Å². The molecule has 3 aromatic carbocycles. The molecule has 1 heterocycles. The van der Waals surface area contributed by atoms with Gasteiger partial charge in [0.2, 0.25) is 5.91 Å². The first-order valence-electron chi connectivity index (χ1n) is 8.97. The van der Waals surface area contributed by atoms with Gasteiger partial charge < -0.3 is 10.7 Å². The van der Waals surface area contributed by atoms with E-state index < -0.39 is 5.91 Å². The average Bonchev–Trinajstić information content (AvgIpc) is 3.16. The molecule has 0 radical (unpaired) electrons. The lowest BCUT2D eigenvalue weighted by Gasteiger charge is -2.13. The molecule has 28 heavy (non-hydrogen) atoms. The normalized spacial score (nSPS) is 12.2. The summed E-state index contributed by atoms with van der Waals surface area (Å²) in [5.41, 5.74) is 9.65. The molecule has 6 heteroatoms. The number of rotatable bonds is 6. The molecule has 1 unspecified atom stereocenters.